The Balaban J connectivity index is 1.02. The molecule has 2 saturated heterocycles. The van der Waals surface area contributed by atoms with Crippen LogP contribution < -0.4 is 76.1 Å². The highest BCUT2D eigenvalue weighted by Gasteiger charge is 2.43. The third-order valence-corrected chi connectivity index (χ3v) is 18.0. The number of nitrogens with two attached hydrogens (primary N) is 4. The molecule has 3 aliphatic heterocycles. The lowest BCUT2D eigenvalue weighted by molar-refractivity contribution is -0.137. The number of aromatic nitrogens is 4. The van der Waals surface area contributed by atoms with Crippen LogP contribution in [0.25, 0.3) is 10.9 Å². The van der Waals surface area contributed by atoms with Gasteiger partial charge in [0, 0.05) is 86.7 Å². The first-order valence-electron chi connectivity index (χ1n) is 32.6. The van der Waals surface area contributed by atoms with Crippen LogP contribution in [0.5, 0.6) is 0 Å². The molecule has 35 heteroatoms. The summed E-state index contributed by atoms with van der Waals surface area (Å²) in [4.78, 5) is 154. The summed E-state index contributed by atoms with van der Waals surface area (Å²) in [6, 6.07) is 5.18. The van der Waals surface area contributed by atoms with E-state index in [1.54, 1.807) is 36.5 Å². The monoisotopic (exact) mass is 1390 g/mol. The predicted molar refractivity (Wildman–Crippen MR) is 357 cm³/mol. The van der Waals surface area contributed by atoms with Crippen molar-refractivity contribution in [3.05, 3.63) is 83.8 Å². The van der Waals surface area contributed by atoms with Crippen molar-refractivity contribution in [2.24, 2.45) is 35.0 Å². The molecule has 19 N–H and O–H groups in total. The summed E-state index contributed by atoms with van der Waals surface area (Å²) in [5, 5.41) is 46.9. The molecule has 2 bridgehead atoms. The van der Waals surface area contributed by atoms with Gasteiger partial charge in [-0.15, -0.1) is 5.10 Å². The van der Waals surface area contributed by atoms with E-state index in [4.69, 9.17) is 37.1 Å². The molecule has 10 atom stereocenters. The number of para-hydroxylation sites is 1. The van der Waals surface area contributed by atoms with Crippen LogP contribution in [-0.4, -0.2) is 220 Å². The third-order valence-electron chi connectivity index (χ3n) is 16.5. The number of urea groups is 1. The summed E-state index contributed by atoms with van der Waals surface area (Å²) in [7, 11) is 1.82. The zero-order valence-electron chi connectivity index (χ0n) is 54.7. The second-order valence-corrected chi connectivity index (χ2v) is 25.3. The zero-order chi connectivity index (χ0) is 70.5. The van der Waals surface area contributed by atoms with Gasteiger partial charge in [0.1, 0.15) is 48.9 Å². The number of guanidine groups is 1. The Kier molecular flexibility index (Phi) is 30.3. The molecule has 34 nitrogen and oxygen atoms in total. The summed E-state index contributed by atoms with van der Waals surface area (Å²) in [5.74, 6) is -8.05. The maximum atomic E-state index is 14.7. The first-order chi connectivity index (χ1) is 47.1. The molecule has 0 saturated carbocycles. The lowest BCUT2D eigenvalue weighted by Crippen LogP contribution is -2.61. The predicted octanol–water partition coefficient (Wildman–Crippen LogP) is -4.33. The molecule has 0 radical (unpaired) electrons. The Morgan fingerprint density at radius 3 is 2.07 bits per heavy atom. The highest BCUT2D eigenvalue weighted by molar-refractivity contribution is 8.00. The second kappa shape index (κ2) is 39.1. The fourth-order valence-electron chi connectivity index (χ4n) is 11.4. The Bertz CT molecular complexity index is 3410. The minimum Gasteiger partial charge on any atom is -0.394 e. The normalized spacial score (nSPS) is 23.1. The topological polar surface area (TPSA) is 508 Å². The van der Waals surface area contributed by atoms with E-state index in [1.165, 1.54) is 10.9 Å². The number of nitrogens with zero attached hydrogens (tertiary/aromatic N) is 5. The first kappa shape index (κ1) is 75.9. The lowest BCUT2D eigenvalue weighted by Gasteiger charge is -2.27. The number of carbonyl (C=O) groups is 11. The maximum Gasteiger partial charge on any atom is 0.315 e. The molecular formula is C63H91N19O15S. The Labute approximate surface area is 569 Å². The lowest BCUT2D eigenvalue weighted by atomic mass is 10.0. The number of ether oxygens (including phenoxy) is 3. The summed E-state index contributed by atoms with van der Waals surface area (Å²) in [6.45, 7) is -0.509. The standard InChI is InChI=1S/C63H91N19O15S/c1-81-32-38(40-14-5-6-17-49(40)81)29-44-58(90)71-41(55(65)87)15-9-10-22-82-33-39(79-80-82)30-45(70-53(86)35-97-27-26-96-25-24-95-23-21-68-52(85)19-8-7-18-50-54-48(36-98-50)77-63(94)78-54)59(91)75-46(31-51(64)84)60(92)76-47(34-83)61(93)73-43(28-37-12-3-2-4-13-37)57(89)72-42(56(88)74-44)16-11-20-69-62(66)67/h2-6,12-14,17,32-33,41-48,50,54,83H,7-11,15-16,18-31,34-36H2,1H3,(H2,64,84)(H2,65,87)(H,68,85)(H,70,86)(H,71,90)(H,72,89)(H,73,93)(H,74,88)(H,75,91)(H,76,92)(H4,66,67,69)(H2,77,78,94)/t41-,42+,43+,44+,45-,46+,47+,48?,50-,54?/m0/s1. The average Bonchev–Trinajstić information content (AvgIpc) is 1.65. The second-order valence-electron chi connectivity index (χ2n) is 24.0. The van der Waals surface area contributed by atoms with Crippen LogP contribution in [0.1, 0.15) is 81.0 Å². The fraction of sp³-hybridized carbons (Fsp3) is 0.556. The molecule has 4 aromatic rings. The fourth-order valence-corrected chi connectivity index (χ4v) is 13.0. The van der Waals surface area contributed by atoms with Gasteiger partial charge >= 0.3 is 6.03 Å². The number of benzene rings is 2. The van der Waals surface area contributed by atoms with Crippen molar-refractivity contribution in [2.45, 2.75) is 150 Å². The van der Waals surface area contributed by atoms with E-state index in [-0.39, 0.29) is 120 Å². The number of thioether (sulfide) groups is 1. The minimum atomic E-state index is -1.85. The van der Waals surface area contributed by atoms with Crippen molar-refractivity contribution in [2.75, 3.05) is 65.1 Å². The van der Waals surface area contributed by atoms with Crippen LogP contribution >= 0.6 is 11.8 Å². The highest BCUT2D eigenvalue weighted by Crippen LogP contribution is 2.33. The SMILES string of the molecule is Cn1cc(C[C@H]2NC(=O)[C@@H](CCCN=C(N)N)NC(=O)[C@@H](Cc3ccccc3)NC(=O)[C@@H](CO)NC(=O)[C@@H](CC(N)=O)NC(=O)[C@@H](NC(=O)COCCOCCOCCNC(=O)CCCC[C@@H]3SCC4NC(=O)NC43)Cc3cn(nn3)CCCC[C@@H](C(N)=O)NC2=O)c2ccccc21. The van der Waals surface area contributed by atoms with E-state index in [0.717, 1.165) is 35.9 Å². The molecule has 5 heterocycles. The number of aliphatic imine (C=N–C) groups is 1. The van der Waals surface area contributed by atoms with E-state index in [1.807, 2.05) is 47.6 Å². The van der Waals surface area contributed by atoms with Gasteiger partial charge in [-0.05, 0) is 62.1 Å². The van der Waals surface area contributed by atoms with Gasteiger partial charge < -0.3 is 100.0 Å². The number of rotatable bonds is 29. The molecular weight excluding hydrogens is 1290 g/mol. The number of nitrogens with one attached hydrogen (secondary N) is 10. The van der Waals surface area contributed by atoms with Crippen LogP contribution in [0.3, 0.4) is 0 Å². The highest BCUT2D eigenvalue weighted by atomic mass is 32.2. The third kappa shape index (κ3) is 24.6. The molecule has 12 amide bonds. The van der Waals surface area contributed by atoms with E-state index in [0.29, 0.717) is 42.2 Å². The van der Waals surface area contributed by atoms with Gasteiger partial charge in [0.05, 0.1) is 63.8 Å². The number of aliphatic hydroxyl groups excluding tert-OH is 1. The van der Waals surface area contributed by atoms with Crippen molar-refractivity contribution in [3.8, 4) is 0 Å². The molecule has 0 spiro atoms. The number of primary amides is 2. The smallest absolute Gasteiger partial charge is 0.315 e. The molecule has 534 valence electrons. The van der Waals surface area contributed by atoms with Gasteiger partial charge in [0.25, 0.3) is 0 Å². The molecule has 2 unspecified atom stereocenters. The number of hydrogen-bond acceptors (Lipinski definition) is 19. The molecule has 3 aliphatic rings. The summed E-state index contributed by atoms with van der Waals surface area (Å²) in [5.41, 5.74) is 24.8. The molecule has 7 rings (SSSR count). The molecule has 2 aromatic heterocycles. The zero-order valence-corrected chi connectivity index (χ0v) is 55.5. The van der Waals surface area contributed by atoms with Gasteiger partial charge in [0.2, 0.25) is 59.1 Å². The van der Waals surface area contributed by atoms with Gasteiger partial charge in [-0.2, -0.15) is 11.8 Å². The van der Waals surface area contributed by atoms with Crippen LogP contribution in [0.15, 0.2) is 72.0 Å². The number of aliphatic hydroxyl groups is 1. The molecule has 0 aliphatic carbocycles. The van der Waals surface area contributed by atoms with Crippen molar-refractivity contribution in [3.63, 3.8) is 0 Å². The Morgan fingerprint density at radius 1 is 0.684 bits per heavy atom. The summed E-state index contributed by atoms with van der Waals surface area (Å²) >= 11 is 1.84. The van der Waals surface area contributed by atoms with Gasteiger partial charge in [-0.25, -0.2) is 4.79 Å². The Morgan fingerprint density at radius 2 is 1.34 bits per heavy atom. The van der Waals surface area contributed by atoms with Gasteiger partial charge in [-0.1, -0.05) is 60.2 Å². The number of aryl methyl sites for hydroxylation is 2. The summed E-state index contributed by atoms with van der Waals surface area (Å²) in [6.07, 6.45) is 5.37. The number of fused-ring (bicyclic) bond motifs is 4. The molecule has 2 fully saturated rings. The van der Waals surface area contributed by atoms with E-state index in [9.17, 15) is 57.8 Å². The number of amides is 12. The molecule has 98 heavy (non-hydrogen) atoms. The van der Waals surface area contributed by atoms with Crippen LogP contribution in [0.2, 0.25) is 0 Å². The van der Waals surface area contributed by atoms with Crippen molar-refractivity contribution in [1.82, 2.24) is 72.7 Å². The largest absolute Gasteiger partial charge is 0.394 e. The van der Waals surface area contributed by atoms with Crippen LogP contribution in [0.4, 0.5) is 4.79 Å². The van der Waals surface area contributed by atoms with Gasteiger partial charge in [0.15, 0.2) is 5.96 Å². The van der Waals surface area contributed by atoms with E-state index < -0.39 is 115 Å². The minimum absolute atomic E-state index is 0.0127. The van der Waals surface area contributed by atoms with Crippen molar-refractivity contribution >= 4 is 93.7 Å². The number of carbonyl (C=O) groups excluding carboxylic acids is 11. The van der Waals surface area contributed by atoms with Crippen molar-refractivity contribution < 1.29 is 72.1 Å². The maximum absolute atomic E-state index is 14.7. The average molecular weight is 1390 g/mol. The summed E-state index contributed by atoms with van der Waals surface area (Å²) < 4.78 is 19.9. The van der Waals surface area contributed by atoms with Gasteiger partial charge in [-0.3, -0.25) is 57.6 Å². The Hall–Kier alpha value is -9.45. The quantitative estimate of drug-likeness (QED) is 0.0106. The number of hydrogen-bond donors (Lipinski definition) is 15. The van der Waals surface area contributed by atoms with Crippen molar-refractivity contribution in [1.29, 1.82) is 0 Å². The number of unbranched alkanes of at least 4 members (excludes halogenated alkanes) is 1. The first-order valence-corrected chi connectivity index (χ1v) is 33.7. The van der Waals surface area contributed by atoms with Crippen LogP contribution in [-0.2, 0) is 95.0 Å². The van der Waals surface area contributed by atoms with E-state index >= 15 is 0 Å². The van der Waals surface area contributed by atoms with E-state index in [2.05, 4.69) is 68.5 Å². The molecule has 2 aromatic carbocycles. The van der Waals surface area contributed by atoms with Crippen LogP contribution in [0, 0.1) is 0 Å².